The molecule has 1 aromatic carbocycles. The summed E-state index contributed by atoms with van der Waals surface area (Å²) in [5, 5.41) is 27.0. The predicted octanol–water partition coefficient (Wildman–Crippen LogP) is 2.25. The first-order valence-electron chi connectivity index (χ1n) is 5.10. The van der Waals surface area contributed by atoms with Gasteiger partial charge in [0.15, 0.2) is 11.5 Å². The SMILES string of the molecule is Oc1ccc(/C=N/n2c(C(F)(F)F)n[nH]c2=S)cc1O. The van der Waals surface area contributed by atoms with Crippen LogP contribution in [-0.2, 0) is 6.18 Å². The summed E-state index contributed by atoms with van der Waals surface area (Å²) < 4.78 is 37.9. The van der Waals surface area contributed by atoms with Gasteiger partial charge in [-0.25, -0.2) is 5.10 Å². The molecule has 0 unspecified atom stereocenters. The smallest absolute Gasteiger partial charge is 0.453 e. The number of nitrogens with zero attached hydrogens (tertiary/aromatic N) is 3. The molecule has 0 atom stereocenters. The van der Waals surface area contributed by atoms with Gasteiger partial charge in [0, 0.05) is 0 Å². The average molecular weight is 304 g/mol. The summed E-state index contributed by atoms with van der Waals surface area (Å²) in [4.78, 5) is 0. The standard InChI is InChI=1S/C10H7F3N4O2S/c11-10(12,13)8-15-16-9(20)17(8)14-4-5-1-2-6(18)7(19)3-5/h1-4,18-19H,(H,16,20)/b14-4+. The van der Waals surface area contributed by atoms with E-state index in [0.29, 0.717) is 4.68 Å². The van der Waals surface area contributed by atoms with Gasteiger partial charge < -0.3 is 10.2 Å². The van der Waals surface area contributed by atoms with Crippen molar-refractivity contribution >= 4 is 18.4 Å². The molecule has 2 rings (SSSR count). The lowest BCUT2D eigenvalue weighted by molar-refractivity contribution is -0.147. The Morgan fingerprint density at radius 1 is 1.30 bits per heavy atom. The van der Waals surface area contributed by atoms with Gasteiger partial charge in [0.25, 0.3) is 5.82 Å². The molecule has 0 fully saturated rings. The van der Waals surface area contributed by atoms with Gasteiger partial charge in [0.2, 0.25) is 4.77 Å². The first kappa shape index (κ1) is 14.1. The maximum Gasteiger partial charge on any atom is 0.453 e. The highest BCUT2D eigenvalue weighted by atomic mass is 32.1. The molecule has 0 bridgehead atoms. The number of hydrogen-bond acceptors (Lipinski definition) is 5. The van der Waals surface area contributed by atoms with Gasteiger partial charge in [-0.15, -0.1) is 5.10 Å². The van der Waals surface area contributed by atoms with Crippen LogP contribution >= 0.6 is 12.2 Å². The van der Waals surface area contributed by atoms with Crippen LogP contribution in [0.3, 0.4) is 0 Å². The average Bonchev–Trinajstić information content (AvgIpc) is 2.72. The third-order valence-corrected chi connectivity index (χ3v) is 2.49. The summed E-state index contributed by atoms with van der Waals surface area (Å²) in [5.74, 6) is -2.06. The molecule has 10 heteroatoms. The van der Waals surface area contributed by atoms with Crippen LogP contribution in [0, 0.1) is 4.77 Å². The molecule has 106 valence electrons. The van der Waals surface area contributed by atoms with Gasteiger partial charge in [-0.3, -0.25) is 0 Å². The van der Waals surface area contributed by atoms with Gasteiger partial charge >= 0.3 is 6.18 Å². The van der Waals surface area contributed by atoms with E-state index < -0.39 is 17.8 Å². The highest BCUT2D eigenvalue weighted by Crippen LogP contribution is 2.27. The normalized spacial score (nSPS) is 12.2. The molecule has 0 aliphatic carbocycles. The number of benzene rings is 1. The van der Waals surface area contributed by atoms with Crippen molar-refractivity contribution in [2.45, 2.75) is 6.18 Å². The Labute approximate surface area is 114 Å². The molecule has 3 N–H and O–H groups in total. The van der Waals surface area contributed by atoms with Crippen LogP contribution in [0.2, 0.25) is 0 Å². The number of hydrogen-bond donors (Lipinski definition) is 3. The maximum absolute atomic E-state index is 12.6. The van der Waals surface area contributed by atoms with E-state index in [1.165, 1.54) is 12.1 Å². The van der Waals surface area contributed by atoms with Crippen molar-refractivity contribution in [1.29, 1.82) is 0 Å². The van der Waals surface area contributed by atoms with Crippen LogP contribution in [-0.4, -0.2) is 31.3 Å². The largest absolute Gasteiger partial charge is 0.504 e. The first-order chi connectivity index (χ1) is 9.29. The minimum absolute atomic E-state index is 0.275. The lowest BCUT2D eigenvalue weighted by atomic mass is 10.2. The zero-order valence-electron chi connectivity index (χ0n) is 9.59. The minimum Gasteiger partial charge on any atom is -0.504 e. The predicted molar refractivity (Wildman–Crippen MR) is 65.2 cm³/mol. The molecule has 0 amide bonds. The van der Waals surface area contributed by atoms with Crippen LogP contribution in [0.25, 0.3) is 0 Å². The topological polar surface area (TPSA) is 86.4 Å². The maximum atomic E-state index is 12.6. The highest BCUT2D eigenvalue weighted by molar-refractivity contribution is 7.71. The highest BCUT2D eigenvalue weighted by Gasteiger charge is 2.37. The first-order valence-corrected chi connectivity index (χ1v) is 5.51. The second kappa shape index (κ2) is 4.96. The molecule has 2 aromatic rings. The fourth-order valence-electron chi connectivity index (χ4n) is 1.33. The molecule has 0 saturated heterocycles. The van der Waals surface area contributed by atoms with E-state index in [2.05, 4.69) is 22.4 Å². The van der Waals surface area contributed by atoms with E-state index in [0.717, 1.165) is 12.3 Å². The van der Waals surface area contributed by atoms with Gasteiger partial charge in [0.1, 0.15) is 0 Å². The lowest BCUT2D eigenvalue weighted by Crippen LogP contribution is -2.12. The Bertz CT molecular complexity index is 720. The van der Waals surface area contributed by atoms with E-state index in [1.807, 2.05) is 5.10 Å². The van der Waals surface area contributed by atoms with Crippen molar-refractivity contribution < 1.29 is 23.4 Å². The van der Waals surface area contributed by atoms with E-state index in [4.69, 9.17) is 5.11 Å². The van der Waals surface area contributed by atoms with E-state index >= 15 is 0 Å². The van der Waals surface area contributed by atoms with Gasteiger partial charge in [-0.05, 0) is 36.0 Å². The molecule has 0 spiro atoms. The van der Waals surface area contributed by atoms with Crippen LogP contribution in [0.15, 0.2) is 23.3 Å². The summed E-state index contributed by atoms with van der Waals surface area (Å²) >= 11 is 4.65. The van der Waals surface area contributed by atoms with Crippen molar-refractivity contribution in [1.82, 2.24) is 14.9 Å². The third-order valence-electron chi connectivity index (χ3n) is 2.23. The Balaban J connectivity index is 2.39. The molecule has 1 heterocycles. The van der Waals surface area contributed by atoms with Crippen molar-refractivity contribution in [3.63, 3.8) is 0 Å². The second-order valence-corrected chi connectivity index (χ2v) is 4.04. The molecule has 0 aliphatic rings. The number of aromatic hydroxyl groups is 2. The summed E-state index contributed by atoms with van der Waals surface area (Å²) in [6, 6.07) is 3.67. The van der Waals surface area contributed by atoms with Crippen LogP contribution < -0.4 is 0 Å². The Kier molecular flexibility index (Phi) is 3.49. The van der Waals surface area contributed by atoms with Gasteiger partial charge in [0.05, 0.1) is 6.21 Å². The Hall–Kier alpha value is -2.36. The second-order valence-electron chi connectivity index (χ2n) is 3.65. The summed E-state index contributed by atoms with van der Waals surface area (Å²) in [5.41, 5.74) is 0.275. The van der Waals surface area contributed by atoms with E-state index in [1.54, 1.807) is 0 Å². The van der Waals surface area contributed by atoms with Crippen LogP contribution in [0.1, 0.15) is 11.4 Å². The number of rotatable bonds is 2. The molecule has 1 aromatic heterocycles. The zero-order chi connectivity index (χ0) is 14.9. The molecular weight excluding hydrogens is 297 g/mol. The Morgan fingerprint density at radius 3 is 2.60 bits per heavy atom. The number of H-pyrrole nitrogens is 1. The van der Waals surface area contributed by atoms with E-state index in [9.17, 15) is 18.3 Å². The molecule has 0 radical (unpaired) electrons. The monoisotopic (exact) mass is 304 g/mol. The molecule has 0 aliphatic heterocycles. The molecule has 20 heavy (non-hydrogen) atoms. The number of phenols is 2. The van der Waals surface area contributed by atoms with Gasteiger partial charge in [-0.1, -0.05) is 0 Å². The number of aromatic amines is 1. The van der Waals surface area contributed by atoms with Crippen molar-refractivity contribution in [2.75, 3.05) is 0 Å². The number of aromatic nitrogens is 3. The van der Waals surface area contributed by atoms with Crippen molar-refractivity contribution in [3.8, 4) is 11.5 Å². The van der Waals surface area contributed by atoms with Crippen molar-refractivity contribution in [3.05, 3.63) is 34.4 Å². The zero-order valence-corrected chi connectivity index (χ0v) is 10.4. The molecule has 0 saturated carbocycles. The summed E-state index contributed by atoms with van der Waals surface area (Å²) in [6.07, 6.45) is -3.66. The summed E-state index contributed by atoms with van der Waals surface area (Å²) in [6.45, 7) is 0. The third kappa shape index (κ3) is 2.79. The lowest BCUT2D eigenvalue weighted by Gasteiger charge is -2.04. The Morgan fingerprint density at radius 2 is 2.00 bits per heavy atom. The van der Waals surface area contributed by atoms with E-state index in [-0.39, 0.29) is 16.1 Å². The van der Waals surface area contributed by atoms with Gasteiger partial charge in [-0.2, -0.15) is 22.9 Å². The number of phenolic OH excluding ortho intramolecular Hbond substituents is 2. The van der Waals surface area contributed by atoms with Crippen LogP contribution in [0.5, 0.6) is 11.5 Å². The molecule has 6 nitrogen and oxygen atoms in total. The fourth-order valence-corrected chi connectivity index (χ4v) is 1.51. The minimum atomic E-state index is -4.71. The number of halogens is 3. The quantitative estimate of drug-likeness (QED) is 0.451. The number of alkyl halides is 3. The fraction of sp³-hybridized carbons (Fsp3) is 0.100. The molecular formula is C10H7F3N4O2S. The summed E-state index contributed by atoms with van der Waals surface area (Å²) in [7, 11) is 0. The number of nitrogens with one attached hydrogen (secondary N) is 1. The van der Waals surface area contributed by atoms with Crippen molar-refractivity contribution in [2.24, 2.45) is 5.10 Å². The van der Waals surface area contributed by atoms with Crippen LogP contribution in [0.4, 0.5) is 13.2 Å².